The van der Waals surface area contributed by atoms with Gasteiger partial charge < -0.3 is 14.5 Å². The van der Waals surface area contributed by atoms with Crippen LogP contribution in [0.15, 0.2) is 0 Å². The molecular formula is C11H22N2O2. The Kier molecular flexibility index (Phi) is 4.39. The summed E-state index contributed by atoms with van der Waals surface area (Å²) < 4.78 is 5.00. The second-order valence-corrected chi connectivity index (χ2v) is 4.32. The van der Waals surface area contributed by atoms with Crippen LogP contribution in [0.5, 0.6) is 0 Å². The molecule has 88 valence electrons. The fourth-order valence-corrected chi connectivity index (χ4v) is 2.05. The Balaban J connectivity index is 2.61. The predicted molar refractivity (Wildman–Crippen MR) is 59.9 cm³/mol. The monoisotopic (exact) mass is 214 g/mol. The van der Waals surface area contributed by atoms with E-state index in [1.165, 1.54) is 0 Å². The molecule has 4 heteroatoms. The summed E-state index contributed by atoms with van der Waals surface area (Å²) in [5, 5.41) is 0. The van der Waals surface area contributed by atoms with Gasteiger partial charge in [0, 0.05) is 26.7 Å². The number of amides is 2. The smallest absolute Gasteiger partial charge is 0.320 e. The third kappa shape index (κ3) is 2.62. The Bertz CT molecular complexity index is 219. The average molecular weight is 214 g/mol. The summed E-state index contributed by atoms with van der Waals surface area (Å²) in [4.78, 5) is 15.8. The first kappa shape index (κ1) is 12.3. The average Bonchev–Trinajstić information content (AvgIpc) is 2.52. The van der Waals surface area contributed by atoms with Crippen LogP contribution in [-0.2, 0) is 4.74 Å². The molecule has 1 unspecified atom stereocenters. The lowest BCUT2D eigenvalue weighted by Gasteiger charge is -2.24. The molecule has 0 spiro atoms. The van der Waals surface area contributed by atoms with Gasteiger partial charge in [0.1, 0.15) is 0 Å². The van der Waals surface area contributed by atoms with Gasteiger partial charge in [-0.15, -0.1) is 0 Å². The Hall–Kier alpha value is -0.770. The first-order valence-corrected chi connectivity index (χ1v) is 5.66. The Labute approximate surface area is 92.2 Å². The van der Waals surface area contributed by atoms with E-state index in [-0.39, 0.29) is 6.03 Å². The second kappa shape index (κ2) is 5.35. The first-order chi connectivity index (χ1) is 7.11. The van der Waals surface area contributed by atoms with E-state index in [4.69, 9.17) is 4.74 Å². The Morgan fingerprint density at radius 1 is 1.53 bits per heavy atom. The van der Waals surface area contributed by atoms with Gasteiger partial charge in [0.05, 0.1) is 12.6 Å². The summed E-state index contributed by atoms with van der Waals surface area (Å²) in [6, 6.07) is 0.521. The van der Waals surface area contributed by atoms with Gasteiger partial charge in [-0.3, -0.25) is 0 Å². The highest BCUT2D eigenvalue weighted by atomic mass is 16.5. The lowest BCUT2D eigenvalue weighted by Crippen LogP contribution is -2.37. The van der Waals surface area contributed by atoms with E-state index < -0.39 is 0 Å². The third-order valence-corrected chi connectivity index (χ3v) is 3.00. The number of carbonyl (C=O) groups is 1. The molecule has 1 fully saturated rings. The summed E-state index contributed by atoms with van der Waals surface area (Å²) in [7, 11) is 1.66. The second-order valence-electron chi connectivity index (χ2n) is 4.32. The van der Waals surface area contributed by atoms with Crippen LogP contribution in [0.2, 0.25) is 0 Å². The van der Waals surface area contributed by atoms with Crippen molar-refractivity contribution >= 4 is 6.03 Å². The highest BCUT2D eigenvalue weighted by Gasteiger charge is 2.37. The molecule has 4 nitrogen and oxygen atoms in total. The number of likely N-dealkylation sites (N-methyl/N-ethyl adjacent to an activating group) is 1. The van der Waals surface area contributed by atoms with Crippen molar-refractivity contribution < 1.29 is 9.53 Å². The molecule has 0 N–H and O–H groups in total. The zero-order valence-electron chi connectivity index (χ0n) is 10.2. The largest absolute Gasteiger partial charge is 0.383 e. The van der Waals surface area contributed by atoms with Gasteiger partial charge in [0.15, 0.2) is 0 Å². The summed E-state index contributed by atoms with van der Waals surface area (Å²) in [6.07, 6.45) is 0. The molecule has 1 rings (SSSR count). The van der Waals surface area contributed by atoms with E-state index in [1.54, 1.807) is 7.11 Å². The van der Waals surface area contributed by atoms with Gasteiger partial charge >= 0.3 is 6.03 Å². The highest BCUT2D eigenvalue weighted by molar-refractivity contribution is 5.77. The molecule has 0 aromatic rings. The normalized spacial score (nSPS) is 21.9. The van der Waals surface area contributed by atoms with Crippen molar-refractivity contribution in [3.8, 4) is 0 Å². The van der Waals surface area contributed by atoms with Gasteiger partial charge in [0.25, 0.3) is 0 Å². The van der Waals surface area contributed by atoms with Crippen LogP contribution in [-0.4, -0.2) is 55.2 Å². The van der Waals surface area contributed by atoms with Crippen LogP contribution in [0.3, 0.4) is 0 Å². The van der Waals surface area contributed by atoms with E-state index in [9.17, 15) is 4.79 Å². The molecular weight excluding hydrogens is 192 g/mol. The van der Waals surface area contributed by atoms with Crippen molar-refractivity contribution in [2.75, 3.05) is 33.4 Å². The van der Waals surface area contributed by atoms with Crippen LogP contribution in [0.4, 0.5) is 4.79 Å². The van der Waals surface area contributed by atoms with Crippen molar-refractivity contribution in [3.63, 3.8) is 0 Å². The lowest BCUT2D eigenvalue weighted by molar-refractivity contribution is 0.155. The van der Waals surface area contributed by atoms with E-state index in [0.717, 1.165) is 13.1 Å². The molecule has 1 saturated heterocycles. The minimum Gasteiger partial charge on any atom is -0.383 e. The van der Waals surface area contributed by atoms with E-state index in [0.29, 0.717) is 25.1 Å². The van der Waals surface area contributed by atoms with Crippen LogP contribution in [0, 0.1) is 5.92 Å². The molecule has 1 heterocycles. The molecule has 0 aromatic heterocycles. The van der Waals surface area contributed by atoms with Crippen LogP contribution in [0.25, 0.3) is 0 Å². The van der Waals surface area contributed by atoms with Gasteiger partial charge in [-0.2, -0.15) is 0 Å². The minimum absolute atomic E-state index is 0.160. The number of carbonyl (C=O) groups excluding carboxylic acids is 1. The Morgan fingerprint density at radius 2 is 2.20 bits per heavy atom. The lowest BCUT2D eigenvalue weighted by atomic mass is 10.0. The van der Waals surface area contributed by atoms with E-state index in [2.05, 4.69) is 13.8 Å². The van der Waals surface area contributed by atoms with Crippen LogP contribution in [0.1, 0.15) is 20.8 Å². The molecule has 1 atom stereocenters. The summed E-state index contributed by atoms with van der Waals surface area (Å²) in [5.74, 6) is 0.515. The molecule has 1 aliphatic rings. The highest BCUT2D eigenvalue weighted by Crippen LogP contribution is 2.21. The predicted octanol–water partition coefficient (Wildman–Crippen LogP) is 1.41. The number of urea groups is 1. The molecule has 0 aliphatic carbocycles. The molecule has 0 bridgehead atoms. The SMILES string of the molecule is CCN1C(=O)N(CCOC)CC1C(C)C. The van der Waals surface area contributed by atoms with Crippen molar-refractivity contribution in [1.82, 2.24) is 9.80 Å². The number of hydrogen-bond donors (Lipinski definition) is 0. The van der Waals surface area contributed by atoms with Crippen molar-refractivity contribution in [2.24, 2.45) is 5.92 Å². The van der Waals surface area contributed by atoms with Crippen LogP contribution >= 0.6 is 0 Å². The third-order valence-electron chi connectivity index (χ3n) is 3.00. The van der Waals surface area contributed by atoms with Gasteiger partial charge in [-0.05, 0) is 12.8 Å². The fraction of sp³-hybridized carbons (Fsp3) is 0.909. The zero-order valence-corrected chi connectivity index (χ0v) is 10.2. The van der Waals surface area contributed by atoms with Crippen molar-refractivity contribution in [1.29, 1.82) is 0 Å². The van der Waals surface area contributed by atoms with Gasteiger partial charge in [0.2, 0.25) is 0 Å². The number of ether oxygens (including phenoxy) is 1. The quantitative estimate of drug-likeness (QED) is 0.693. The standard InChI is InChI=1S/C11H22N2O2/c1-5-13-10(9(2)3)8-12(11(13)14)6-7-15-4/h9-10H,5-8H2,1-4H3. The summed E-state index contributed by atoms with van der Waals surface area (Å²) >= 11 is 0. The van der Waals surface area contributed by atoms with Gasteiger partial charge in [-0.1, -0.05) is 13.8 Å². The molecule has 0 radical (unpaired) electrons. The molecule has 15 heavy (non-hydrogen) atoms. The fourth-order valence-electron chi connectivity index (χ4n) is 2.05. The molecule has 0 saturated carbocycles. The van der Waals surface area contributed by atoms with Crippen LogP contribution < -0.4 is 0 Å². The number of methoxy groups -OCH3 is 1. The zero-order chi connectivity index (χ0) is 11.4. The number of rotatable bonds is 5. The minimum atomic E-state index is 0.160. The summed E-state index contributed by atoms with van der Waals surface area (Å²) in [5.41, 5.74) is 0. The Morgan fingerprint density at radius 3 is 2.60 bits per heavy atom. The molecule has 0 aromatic carbocycles. The first-order valence-electron chi connectivity index (χ1n) is 5.66. The number of hydrogen-bond acceptors (Lipinski definition) is 2. The molecule has 2 amide bonds. The van der Waals surface area contributed by atoms with Crippen molar-refractivity contribution in [2.45, 2.75) is 26.8 Å². The summed E-state index contributed by atoms with van der Waals surface area (Å²) in [6.45, 7) is 9.33. The maximum Gasteiger partial charge on any atom is 0.320 e. The number of nitrogens with zero attached hydrogens (tertiary/aromatic N) is 2. The van der Waals surface area contributed by atoms with E-state index in [1.807, 2.05) is 16.7 Å². The van der Waals surface area contributed by atoms with E-state index >= 15 is 0 Å². The van der Waals surface area contributed by atoms with Crippen molar-refractivity contribution in [3.05, 3.63) is 0 Å². The molecule has 1 aliphatic heterocycles. The maximum atomic E-state index is 12.0. The maximum absolute atomic E-state index is 12.0. The topological polar surface area (TPSA) is 32.8 Å². The van der Waals surface area contributed by atoms with Gasteiger partial charge in [-0.25, -0.2) is 4.79 Å².